The second-order valence-corrected chi connectivity index (χ2v) is 6.01. The Hall–Kier alpha value is -1.45. The van der Waals surface area contributed by atoms with Gasteiger partial charge in [0.05, 0.1) is 11.6 Å². The van der Waals surface area contributed by atoms with E-state index in [1.165, 1.54) is 23.8 Å². The minimum Gasteiger partial charge on any atom is -0.392 e. The molecule has 2 atom stereocenters. The Morgan fingerprint density at radius 2 is 1.95 bits per heavy atom. The number of fused-ring (bicyclic) bond motifs is 1. The number of aliphatic hydroxyl groups excluding tert-OH is 1. The summed E-state index contributed by atoms with van der Waals surface area (Å²) < 4.78 is 0. The minimum atomic E-state index is -0.182. The first-order valence-electron chi connectivity index (χ1n) is 8.08. The molecular formula is C18H24N2O. The Morgan fingerprint density at radius 3 is 2.90 bits per heavy atom. The van der Waals surface area contributed by atoms with E-state index in [-0.39, 0.29) is 12.1 Å². The predicted octanol–water partition coefficient (Wildman–Crippen LogP) is 3.06. The third-order valence-corrected chi connectivity index (χ3v) is 4.50. The molecule has 0 radical (unpaired) electrons. The van der Waals surface area contributed by atoms with Gasteiger partial charge in [0.15, 0.2) is 0 Å². The van der Waals surface area contributed by atoms with Crippen LogP contribution in [-0.4, -0.2) is 28.8 Å². The lowest BCUT2D eigenvalue weighted by Gasteiger charge is -2.21. The number of benzene rings is 1. The molecule has 2 aromatic rings. The van der Waals surface area contributed by atoms with Crippen molar-refractivity contribution in [3.63, 3.8) is 0 Å². The first-order chi connectivity index (χ1) is 10.3. The SMILES string of the molecule is OC1CCCCCC1NCCc1cccc2cccnc12. The second-order valence-electron chi connectivity index (χ2n) is 6.01. The van der Waals surface area contributed by atoms with Crippen LogP contribution in [0.5, 0.6) is 0 Å². The zero-order chi connectivity index (χ0) is 14.5. The molecular weight excluding hydrogens is 260 g/mol. The van der Waals surface area contributed by atoms with E-state index >= 15 is 0 Å². The lowest BCUT2D eigenvalue weighted by Crippen LogP contribution is -2.40. The van der Waals surface area contributed by atoms with Crippen molar-refractivity contribution >= 4 is 10.9 Å². The molecule has 0 saturated heterocycles. The van der Waals surface area contributed by atoms with Crippen molar-refractivity contribution in [3.05, 3.63) is 42.1 Å². The van der Waals surface area contributed by atoms with Gasteiger partial charge in [-0.05, 0) is 37.4 Å². The number of nitrogens with zero attached hydrogens (tertiary/aromatic N) is 1. The number of rotatable bonds is 4. The highest BCUT2D eigenvalue weighted by Gasteiger charge is 2.20. The van der Waals surface area contributed by atoms with E-state index in [1.807, 2.05) is 12.3 Å². The number of para-hydroxylation sites is 1. The Bertz CT molecular complexity index is 579. The average molecular weight is 284 g/mol. The van der Waals surface area contributed by atoms with E-state index in [0.717, 1.165) is 37.7 Å². The molecule has 2 unspecified atom stereocenters. The molecule has 1 fully saturated rings. The first kappa shape index (κ1) is 14.5. The van der Waals surface area contributed by atoms with Crippen LogP contribution in [0.4, 0.5) is 0 Å². The maximum absolute atomic E-state index is 10.1. The van der Waals surface area contributed by atoms with Crippen LogP contribution >= 0.6 is 0 Å². The van der Waals surface area contributed by atoms with Gasteiger partial charge in [0.2, 0.25) is 0 Å². The maximum Gasteiger partial charge on any atom is 0.0734 e. The number of nitrogens with one attached hydrogen (secondary N) is 1. The Kier molecular flexibility index (Phi) is 4.84. The van der Waals surface area contributed by atoms with E-state index in [1.54, 1.807) is 0 Å². The van der Waals surface area contributed by atoms with Crippen molar-refractivity contribution in [2.45, 2.75) is 50.7 Å². The first-order valence-corrected chi connectivity index (χ1v) is 8.08. The van der Waals surface area contributed by atoms with Crippen molar-refractivity contribution in [2.24, 2.45) is 0 Å². The van der Waals surface area contributed by atoms with Gasteiger partial charge in [-0.1, -0.05) is 43.5 Å². The molecule has 1 heterocycles. The number of hydrogen-bond donors (Lipinski definition) is 2. The van der Waals surface area contributed by atoms with Gasteiger partial charge in [0.1, 0.15) is 0 Å². The third-order valence-electron chi connectivity index (χ3n) is 4.50. The van der Waals surface area contributed by atoms with E-state index in [0.29, 0.717) is 0 Å². The van der Waals surface area contributed by atoms with Crippen LogP contribution in [0.3, 0.4) is 0 Å². The van der Waals surface area contributed by atoms with Crippen molar-refractivity contribution < 1.29 is 5.11 Å². The lowest BCUT2D eigenvalue weighted by atomic mass is 10.0. The molecule has 0 amide bonds. The molecule has 2 N–H and O–H groups in total. The summed E-state index contributed by atoms with van der Waals surface area (Å²) in [5.74, 6) is 0. The zero-order valence-electron chi connectivity index (χ0n) is 12.5. The van der Waals surface area contributed by atoms with Crippen LogP contribution in [0.25, 0.3) is 10.9 Å². The van der Waals surface area contributed by atoms with Crippen molar-refractivity contribution in [1.82, 2.24) is 10.3 Å². The van der Waals surface area contributed by atoms with Gasteiger partial charge in [-0.25, -0.2) is 0 Å². The third kappa shape index (κ3) is 3.60. The highest BCUT2D eigenvalue weighted by atomic mass is 16.3. The molecule has 0 bridgehead atoms. The molecule has 3 rings (SSSR count). The van der Waals surface area contributed by atoms with E-state index in [4.69, 9.17) is 0 Å². The van der Waals surface area contributed by atoms with Crippen LogP contribution in [0.15, 0.2) is 36.5 Å². The molecule has 1 saturated carbocycles. The van der Waals surface area contributed by atoms with Crippen LogP contribution in [-0.2, 0) is 6.42 Å². The normalized spacial score (nSPS) is 23.1. The standard InChI is InChI=1S/C18H24N2O/c21-17-10-3-1-2-9-16(17)19-13-11-15-7-4-6-14-8-5-12-20-18(14)15/h4-8,12,16-17,19,21H,1-3,9-11,13H2. The van der Waals surface area contributed by atoms with Crippen molar-refractivity contribution in [3.8, 4) is 0 Å². The maximum atomic E-state index is 10.1. The zero-order valence-corrected chi connectivity index (χ0v) is 12.5. The highest BCUT2D eigenvalue weighted by molar-refractivity contribution is 5.81. The van der Waals surface area contributed by atoms with Gasteiger partial charge in [-0.2, -0.15) is 0 Å². The summed E-state index contributed by atoms with van der Waals surface area (Å²) in [5, 5.41) is 14.9. The molecule has 1 aromatic heterocycles. The summed E-state index contributed by atoms with van der Waals surface area (Å²) in [6.07, 6.45) is 8.30. The van der Waals surface area contributed by atoms with Gasteiger partial charge < -0.3 is 10.4 Å². The second kappa shape index (κ2) is 7.01. The lowest BCUT2D eigenvalue weighted by molar-refractivity contribution is 0.120. The number of aliphatic hydroxyl groups is 1. The topological polar surface area (TPSA) is 45.1 Å². The van der Waals surface area contributed by atoms with E-state index < -0.39 is 0 Å². The monoisotopic (exact) mass is 284 g/mol. The average Bonchev–Trinajstić information content (AvgIpc) is 2.72. The van der Waals surface area contributed by atoms with Gasteiger partial charge >= 0.3 is 0 Å². The minimum absolute atomic E-state index is 0.182. The summed E-state index contributed by atoms with van der Waals surface area (Å²) in [7, 11) is 0. The molecule has 3 nitrogen and oxygen atoms in total. The molecule has 112 valence electrons. The smallest absolute Gasteiger partial charge is 0.0734 e. The largest absolute Gasteiger partial charge is 0.392 e. The number of hydrogen-bond acceptors (Lipinski definition) is 3. The van der Waals surface area contributed by atoms with Gasteiger partial charge in [0, 0.05) is 17.6 Å². The number of aromatic nitrogens is 1. The summed E-state index contributed by atoms with van der Waals surface area (Å²) >= 11 is 0. The Balaban J connectivity index is 1.61. The van der Waals surface area contributed by atoms with Gasteiger partial charge in [-0.3, -0.25) is 4.98 Å². The summed E-state index contributed by atoms with van der Waals surface area (Å²) in [4.78, 5) is 4.50. The van der Waals surface area contributed by atoms with Crippen LogP contribution in [0, 0.1) is 0 Å². The highest BCUT2D eigenvalue weighted by Crippen LogP contribution is 2.19. The van der Waals surface area contributed by atoms with Gasteiger partial charge in [0.25, 0.3) is 0 Å². The summed E-state index contributed by atoms with van der Waals surface area (Å²) in [5.41, 5.74) is 2.38. The fourth-order valence-corrected chi connectivity index (χ4v) is 3.29. The summed E-state index contributed by atoms with van der Waals surface area (Å²) in [6, 6.07) is 10.7. The Morgan fingerprint density at radius 1 is 1.10 bits per heavy atom. The summed E-state index contributed by atoms with van der Waals surface area (Å²) in [6.45, 7) is 0.900. The van der Waals surface area contributed by atoms with Crippen LogP contribution < -0.4 is 5.32 Å². The fraction of sp³-hybridized carbons (Fsp3) is 0.500. The number of pyridine rings is 1. The Labute approximate surface area is 126 Å². The molecule has 1 aromatic carbocycles. The molecule has 1 aliphatic carbocycles. The molecule has 3 heteroatoms. The molecule has 0 aliphatic heterocycles. The van der Waals surface area contributed by atoms with Crippen LogP contribution in [0.2, 0.25) is 0 Å². The molecule has 0 spiro atoms. The van der Waals surface area contributed by atoms with Crippen LogP contribution in [0.1, 0.15) is 37.7 Å². The molecule has 1 aliphatic rings. The quantitative estimate of drug-likeness (QED) is 0.848. The van der Waals surface area contributed by atoms with E-state index in [9.17, 15) is 5.11 Å². The fourth-order valence-electron chi connectivity index (χ4n) is 3.29. The van der Waals surface area contributed by atoms with Gasteiger partial charge in [-0.15, -0.1) is 0 Å². The predicted molar refractivity (Wildman–Crippen MR) is 86.3 cm³/mol. The van der Waals surface area contributed by atoms with E-state index in [2.05, 4.69) is 34.6 Å². The van der Waals surface area contributed by atoms with Crippen molar-refractivity contribution in [1.29, 1.82) is 0 Å². The molecule has 21 heavy (non-hydrogen) atoms. The van der Waals surface area contributed by atoms with Crippen molar-refractivity contribution in [2.75, 3.05) is 6.54 Å².